The topological polar surface area (TPSA) is 86.5 Å². The number of aromatic nitrogens is 2. The molecule has 2 aromatic carbocycles. The molecule has 0 saturated carbocycles. The largest absolute Gasteiger partial charge is 0.454 e. The summed E-state index contributed by atoms with van der Waals surface area (Å²) >= 11 is 0. The van der Waals surface area contributed by atoms with Crippen molar-refractivity contribution < 1.29 is 23.1 Å². The average molecular weight is 327 g/mol. The third-order valence-corrected chi connectivity index (χ3v) is 3.32. The van der Waals surface area contributed by atoms with Crippen LogP contribution in [-0.4, -0.2) is 22.9 Å². The SMILES string of the molecule is O=C(Nc1ccc2c(c1)OCO2)c1nnc(-c2cccc(F)c2)o1. The number of nitrogens with zero attached hydrogens (tertiary/aromatic N) is 2. The number of nitrogens with one attached hydrogen (secondary N) is 1. The molecule has 8 heteroatoms. The van der Waals surface area contributed by atoms with Gasteiger partial charge in [-0.25, -0.2) is 4.39 Å². The lowest BCUT2D eigenvalue weighted by Crippen LogP contribution is -2.12. The molecule has 0 fully saturated rings. The molecule has 0 saturated heterocycles. The van der Waals surface area contributed by atoms with Crippen LogP contribution in [0, 0.1) is 5.82 Å². The number of rotatable bonds is 3. The van der Waals surface area contributed by atoms with E-state index in [1.54, 1.807) is 24.3 Å². The van der Waals surface area contributed by atoms with Crippen molar-refractivity contribution in [2.45, 2.75) is 0 Å². The van der Waals surface area contributed by atoms with Gasteiger partial charge in [-0.15, -0.1) is 10.2 Å². The Kier molecular flexibility index (Phi) is 3.34. The third-order valence-electron chi connectivity index (χ3n) is 3.32. The maximum Gasteiger partial charge on any atom is 0.313 e. The minimum Gasteiger partial charge on any atom is -0.454 e. The molecule has 1 aliphatic rings. The van der Waals surface area contributed by atoms with Crippen LogP contribution in [0.3, 0.4) is 0 Å². The fourth-order valence-electron chi connectivity index (χ4n) is 2.21. The van der Waals surface area contributed by atoms with Crippen molar-refractivity contribution in [2.75, 3.05) is 12.1 Å². The third kappa shape index (κ3) is 2.65. The molecule has 3 aromatic rings. The van der Waals surface area contributed by atoms with Crippen LogP contribution in [0.25, 0.3) is 11.5 Å². The van der Waals surface area contributed by atoms with Gasteiger partial charge in [-0.1, -0.05) is 6.07 Å². The van der Waals surface area contributed by atoms with Crippen LogP contribution in [0.1, 0.15) is 10.7 Å². The van der Waals surface area contributed by atoms with Gasteiger partial charge in [0, 0.05) is 17.3 Å². The van der Waals surface area contributed by atoms with E-state index in [9.17, 15) is 9.18 Å². The van der Waals surface area contributed by atoms with Crippen LogP contribution >= 0.6 is 0 Å². The fraction of sp³-hybridized carbons (Fsp3) is 0.0625. The summed E-state index contributed by atoms with van der Waals surface area (Å²) < 4.78 is 29.0. The first kappa shape index (κ1) is 14.2. The second kappa shape index (κ2) is 5.65. The van der Waals surface area contributed by atoms with Gasteiger partial charge in [0.15, 0.2) is 11.5 Å². The number of fused-ring (bicyclic) bond motifs is 1. The van der Waals surface area contributed by atoms with Crippen molar-refractivity contribution in [1.82, 2.24) is 10.2 Å². The zero-order valence-electron chi connectivity index (χ0n) is 12.2. The van der Waals surface area contributed by atoms with E-state index in [1.165, 1.54) is 18.2 Å². The Labute approximate surface area is 135 Å². The fourth-order valence-corrected chi connectivity index (χ4v) is 2.21. The Morgan fingerprint density at radius 1 is 1.08 bits per heavy atom. The number of carbonyl (C=O) groups is 1. The van der Waals surface area contributed by atoms with E-state index in [-0.39, 0.29) is 18.6 Å². The highest BCUT2D eigenvalue weighted by atomic mass is 19.1. The quantitative estimate of drug-likeness (QED) is 0.796. The smallest absolute Gasteiger partial charge is 0.313 e. The van der Waals surface area contributed by atoms with Gasteiger partial charge in [0.2, 0.25) is 12.7 Å². The maximum absolute atomic E-state index is 13.2. The zero-order valence-corrected chi connectivity index (χ0v) is 12.2. The minimum absolute atomic E-state index is 0.0605. The van der Waals surface area contributed by atoms with Gasteiger partial charge >= 0.3 is 11.8 Å². The van der Waals surface area contributed by atoms with Gasteiger partial charge in [0.05, 0.1) is 0 Å². The first-order valence-corrected chi connectivity index (χ1v) is 6.99. The molecule has 1 aromatic heterocycles. The van der Waals surface area contributed by atoms with Crippen molar-refractivity contribution in [3.8, 4) is 23.0 Å². The molecule has 2 heterocycles. The van der Waals surface area contributed by atoms with Gasteiger partial charge in [-0.2, -0.15) is 0 Å². The Morgan fingerprint density at radius 3 is 2.83 bits per heavy atom. The van der Waals surface area contributed by atoms with Crippen LogP contribution in [0.4, 0.5) is 10.1 Å². The van der Waals surface area contributed by atoms with Crippen LogP contribution in [-0.2, 0) is 0 Å². The summed E-state index contributed by atoms with van der Waals surface area (Å²) in [6.07, 6.45) is 0. The molecule has 1 amide bonds. The number of halogens is 1. The summed E-state index contributed by atoms with van der Waals surface area (Å²) in [5.74, 6) is -0.0312. The number of carbonyl (C=O) groups excluding carboxylic acids is 1. The zero-order chi connectivity index (χ0) is 16.5. The van der Waals surface area contributed by atoms with Crippen LogP contribution in [0.2, 0.25) is 0 Å². The monoisotopic (exact) mass is 327 g/mol. The number of anilines is 1. The predicted octanol–water partition coefficient (Wildman–Crippen LogP) is 2.86. The van der Waals surface area contributed by atoms with Crippen LogP contribution in [0.15, 0.2) is 46.9 Å². The number of benzene rings is 2. The number of hydrogen-bond acceptors (Lipinski definition) is 6. The van der Waals surface area contributed by atoms with E-state index in [2.05, 4.69) is 15.5 Å². The molecule has 1 N–H and O–H groups in total. The molecule has 0 radical (unpaired) electrons. The minimum atomic E-state index is -0.580. The summed E-state index contributed by atoms with van der Waals surface area (Å²) in [6, 6.07) is 10.6. The summed E-state index contributed by atoms with van der Waals surface area (Å²) in [5, 5.41) is 10.1. The van der Waals surface area contributed by atoms with Crippen molar-refractivity contribution in [1.29, 1.82) is 0 Å². The van der Waals surface area contributed by atoms with Gasteiger partial charge in [0.25, 0.3) is 0 Å². The summed E-state index contributed by atoms with van der Waals surface area (Å²) in [7, 11) is 0. The van der Waals surface area contributed by atoms with Crippen molar-refractivity contribution in [3.05, 3.63) is 54.2 Å². The molecular formula is C16H10FN3O4. The van der Waals surface area contributed by atoms with E-state index in [1.807, 2.05) is 0 Å². The Balaban J connectivity index is 1.53. The first-order chi connectivity index (χ1) is 11.7. The predicted molar refractivity (Wildman–Crippen MR) is 80.2 cm³/mol. The van der Waals surface area contributed by atoms with E-state index in [0.29, 0.717) is 22.7 Å². The van der Waals surface area contributed by atoms with E-state index >= 15 is 0 Å². The Hall–Kier alpha value is -3.42. The first-order valence-electron chi connectivity index (χ1n) is 6.99. The molecule has 120 valence electrons. The van der Waals surface area contributed by atoms with Gasteiger partial charge in [0.1, 0.15) is 5.82 Å². The van der Waals surface area contributed by atoms with E-state index in [0.717, 1.165) is 0 Å². The molecule has 0 atom stereocenters. The standard InChI is InChI=1S/C16H10FN3O4/c17-10-3-1-2-9(6-10)15-19-20-16(24-15)14(21)18-11-4-5-12-13(7-11)23-8-22-12/h1-7H,8H2,(H,18,21). The number of ether oxygens (including phenoxy) is 2. The second-order valence-corrected chi connectivity index (χ2v) is 4.94. The summed E-state index contributed by atoms with van der Waals surface area (Å²) in [4.78, 5) is 12.2. The second-order valence-electron chi connectivity index (χ2n) is 4.94. The molecule has 1 aliphatic heterocycles. The average Bonchev–Trinajstić information content (AvgIpc) is 3.24. The Bertz CT molecular complexity index is 925. The molecule has 0 unspecified atom stereocenters. The van der Waals surface area contributed by atoms with Gasteiger partial charge in [-0.3, -0.25) is 4.79 Å². The van der Waals surface area contributed by atoms with Crippen molar-refractivity contribution in [2.24, 2.45) is 0 Å². The van der Waals surface area contributed by atoms with Gasteiger partial charge < -0.3 is 19.2 Å². The highest BCUT2D eigenvalue weighted by Gasteiger charge is 2.18. The van der Waals surface area contributed by atoms with Crippen LogP contribution in [0.5, 0.6) is 11.5 Å². The lowest BCUT2D eigenvalue weighted by atomic mass is 10.2. The highest BCUT2D eigenvalue weighted by Crippen LogP contribution is 2.34. The maximum atomic E-state index is 13.2. The van der Waals surface area contributed by atoms with Crippen molar-refractivity contribution >= 4 is 11.6 Å². The van der Waals surface area contributed by atoms with E-state index < -0.39 is 11.7 Å². The lowest BCUT2D eigenvalue weighted by Gasteiger charge is -2.03. The summed E-state index contributed by atoms with van der Waals surface area (Å²) in [6.45, 7) is 0.146. The molecule has 0 bridgehead atoms. The lowest BCUT2D eigenvalue weighted by molar-refractivity contribution is 0.0991. The van der Waals surface area contributed by atoms with E-state index in [4.69, 9.17) is 13.9 Å². The normalized spacial score (nSPS) is 12.2. The molecule has 24 heavy (non-hydrogen) atoms. The molecule has 0 spiro atoms. The highest BCUT2D eigenvalue weighted by molar-refractivity contribution is 6.01. The number of amides is 1. The van der Waals surface area contributed by atoms with Gasteiger partial charge in [-0.05, 0) is 30.3 Å². The molecule has 7 nitrogen and oxygen atoms in total. The molecule has 4 rings (SSSR count). The van der Waals surface area contributed by atoms with Crippen LogP contribution < -0.4 is 14.8 Å². The van der Waals surface area contributed by atoms with Crippen molar-refractivity contribution in [3.63, 3.8) is 0 Å². The molecular weight excluding hydrogens is 317 g/mol. The number of hydrogen-bond donors (Lipinski definition) is 1. The summed E-state index contributed by atoms with van der Waals surface area (Å²) in [5.41, 5.74) is 0.888. The molecule has 0 aliphatic carbocycles. The Morgan fingerprint density at radius 2 is 1.96 bits per heavy atom.